The average molecular weight is 350 g/mol. The van der Waals surface area contributed by atoms with E-state index >= 15 is 0 Å². The van der Waals surface area contributed by atoms with Crippen molar-refractivity contribution in [3.05, 3.63) is 35.4 Å². The highest BCUT2D eigenvalue weighted by molar-refractivity contribution is 5.87. The van der Waals surface area contributed by atoms with E-state index in [1.165, 1.54) is 12.1 Å². The van der Waals surface area contributed by atoms with Crippen molar-refractivity contribution in [3.63, 3.8) is 0 Å². The summed E-state index contributed by atoms with van der Waals surface area (Å²) in [5.41, 5.74) is 0.254. The molecule has 4 rings (SSSR count). The van der Waals surface area contributed by atoms with Gasteiger partial charge in [0.05, 0.1) is 11.6 Å². The molecule has 1 atom stereocenters. The molecule has 1 aliphatic carbocycles. The second-order valence-electron chi connectivity index (χ2n) is 7.80. The maximum Gasteiger partial charge on any atom is 0.240 e. The molecule has 2 saturated heterocycles. The average Bonchev–Trinajstić information content (AvgIpc) is 2.60. The molecule has 0 unspecified atom stereocenters. The summed E-state index contributed by atoms with van der Waals surface area (Å²) in [6.45, 7) is 2.13. The molecule has 2 spiro atoms. The lowest BCUT2D eigenvalue weighted by molar-refractivity contribution is -0.134. The number of carbonyl (C=O) groups excluding carboxylic acids is 1. The lowest BCUT2D eigenvalue weighted by Gasteiger charge is -2.50. The zero-order valence-electron chi connectivity index (χ0n) is 14.2. The van der Waals surface area contributed by atoms with E-state index in [9.17, 15) is 13.6 Å². The van der Waals surface area contributed by atoms with Crippen LogP contribution in [-0.2, 0) is 9.53 Å². The molecule has 136 valence electrons. The van der Waals surface area contributed by atoms with Gasteiger partial charge >= 0.3 is 0 Å². The number of hydrogen-bond donors (Lipinski definition) is 2. The number of amides is 1. The third kappa shape index (κ3) is 3.17. The van der Waals surface area contributed by atoms with Crippen LogP contribution in [-0.4, -0.2) is 31.2 Å². The smallest absolute Gasteiger partial charge is 0.240 e. The fraction of sp³-hybridized carbons (Fsp3) is 0.632. The van der Waals surface area contributed by atoms with E-state index in [2.05, 4.69) is 10.6 Å². The minimum absolute atomic E-state index is 0.0460. The number of rotatable bonds is 1. The molecule has 3 aliphatic rings. The van der Waals surface area contributed by atoms with Gasteiger partial charge < -0.3 is 15.4 Å². The third-order valence-electron chi connectivity index (χ3n) is 6.39. The van der Waals surface area contributed by atoms with Crippen molar-refractivity contribution in [2.75, 3.05) is 19.8 Å². The second kappa shape index (κ2) is 6.32. The SMILES string of the molecule is O=C1N[C@H](c2cc(F)cc(F)c2)CNC12CCC1(CCOCC1)CC2. The van der Waals surface area contributed by atoms with E-state index in [-0.39, 0.29) is 5.91 Å². The van der Waals surface area contributed by atoms with Crippen molar-refractivity contribution in [2.45, 2.75) is 50.1 Å². The van der Waals surface area contributed by atoms with Gasteiger partial charge in [-0.3, -0.25) is 4.79 Å². The molecule has 3 fully saturated rings. The van der Waals surface area contributed by atoms with Crippen molar-refractivity contribution in [1.82, 2.24) is 10.6 Å². The Bertz CT molecular complexity index is 643. The molecule has 25 heavy (non-hydrogen) atoms. The van der Waals surface area contributed by atoms with Gasteiger partial charge in [0.25, 0.3) is 0 Å². The monoisotopic (exact) mass is 350 g/mol. The van der Waals surface area contributed by atoms with Crippen molar-refractivity contribution < 1.29 is 18.3 Å². The fourth-order valence-corrected chi connectivity index (χ4v) is 4.62. The fourth-order valence-electron chi connectivity index (χ4n) is 4.62. The van der Waals surface area contributed by atoms with Crippen LogP contribution in [0.1, 0.15) is 50.1 Å². The Morgan fingerprint density at radius 3 is 2.20 bits per heavy atom. The molecule has 1 aromatic rings. The molecular weight excluding hydrogens is 326 g/mol. The number of carbonyl (C=O) groups is 1. The number of piperazine rings is 1. The molecule has 1 amide bonds. The van der Waals surface area contributed by atoms with Gasteiger partial charge in [0.1, 0.15) is 11.6 Å². The highest BCUT2D eigenvalue weighted by atomic mass is 19.1. The summed E-state index contributed by atoms with van der Waals surface area (Å²) >= 11 is 0. The molecular formula is C19H24F2N2O2. The Labute approximate surface area is 146 Å². The minimum atomic E-state index is -0.622. The van der Waals surface area contributed by atoms with E-state index in [1.54, 1.807) is 0 Å². The maximum absolute atomic E-state index is 13.4. The zero-order chi connectivity index (χ0) is 17.5. The summed E-state index contributed by atoms with van der Waals surface area (Å²) in [6.07, 6.45) is 5.82. The van der Waals surface area contributed by atoms with Gasteiger partial charge in [-0.1, -0.05) is 0 Å². The molecule has 2 N–H and O–H groups in total. The van der Waals surface area contributed by atoms with Crippen molar-refractivity contribution in [2.24, 2.45) is 5.41 Å². The predicted octanol–water partition coefficient (Wildman–Crippen LogP) is 2.83. The summed E-state index contributed by atoms with van der Waals surface area (Å²) in [6, 6.07) is 3.01. The summed E-state index contributed by atoms with van der Waals surface area (Å²) in [5, 5.41) is 6.39. The van der Waals surface area contributed by atoms with E-state index < -0.39 is 23.2 Å². The number of hydrogen-bond acceptors (Lipinski definition) is 3. The van der Waals surface area contributed by atoms with Gasteiger partial charge in [0, 0.05) is 25.8 Å². The normalized spacial score (nSPS) is 28.1. The van der Waals surface area contributed by atoms with Gasteiger partial charge in [-0.05, 0) is 61.6 Å². The van der Waals surface area contributed by atoms with Crippen molar-refractivity contribution in [1.29, 1.82) is 0 Å². The predicted molar refractivity (Wildman–Crippen MR) is 88.9 cm³/mol. The van der Waals surface area contributed by atoms with Crippen LogP contribution in [0.4, 0.5) is 8.78 Å². The minimum Gasteiger partial charge on any atom is -0.381 e. The van der Waals surface area contributed by atoms with Gasteiger partial charge in [0.2, 0.25) is 5.91 Å². The third-order valence-corrected chi connectivity index (χ3v) is 6.39. The number of nitrogens with one attached hydrogen (secondary N) is 2. The Kier molecular flexibility index (Phi) is 4.28. The number of benzene rings is 1. The standard InChI is InChI=1S/C19H24F2N2O2/c20-14-9-13(10-15(21)11-14)16-12-22-19(17(24)23-16)3-1-18(2-4-19)5-7-25-8-6-18/h9-11,16,22H,1-8,12H2,(H,23,24)/t16-/m0/s1. The molecule has 6 heteroatoms. The van der Waals surface area contributed by atoms with Gasteiger partial charge in [0.15, 0.2) is 0 Å². The Morgan fingerprint density at radius 2 is 1.60 bits per heavy atom. The first-order valence-corrected chi connectivity index (χ1v) is 9.10. The number of halogens is 2. The molecule has 4 nitrogen and oxygen atoms in total. The summed E-state index contributed by atoms with van der Waals surface area (Å²) in [7, 11) is 0. The quantitative estimate of drug-likeness (QED) is 0.819. The number of ether oxygens (including phenoxy) is 1. The van der Waals surface area contributed by atoms with E-state index in [1.807, 2.05) is 0 Å². The first-order valence-electron chi connectivity index (χ1n) is 9.10. The molecule has 2 aliphatic heterocycles. The van der Waals surface area contributed by atoms with Gasteiger partial charge in [-0.25, -0.2) is 8.78 Å². The van der Waals surface area contributed by atoms with Crippen LogP contribution in [0.5, 0.6) is 0 Å². The molecule has 0 aromatic heterocycles. The molecule has 2 heterocycles. The van der Waals surface area contributed by atoms with E-state index in [0.717, 1.165) is 57.8 Å². The first kappa shape index (κ1) is 16.9. The first-order chi connectivity index (χ1) is 12.0. The van der Waals surface area contributed by atoms with Crippen LogP contribution in [0.3, 0.4) is 0 Å². The molecule has 1 aromatic carbocycles. The van der Waals surface area contributed by atoms with Crippen molar-refractivity contribution in [3.8, 4) is 0 Å². The summed E-state index contributed by atoms with van der Waals surface area (Å²) in [5.74, 6) is -1.29. The molecule has 1 saturated carbocycles. The molecule has 0 bridgehead atoms. The maximum atomic E-state index is 13.4. The Hall–Kier alpha value is -1.53. The van der Waals surface area contributed by atoms with Crippen molar-refractivity contribution >= 4 is 5.91 Å². The van der Waals surface area contributed by atoms with Crippen LogP contribution in [0.2, 0.25) is 0 Å². The highest BCUT2D eigenvalue weighted by Crippen LogP contribution is 2.48. The lowest BCUT2D eigenvalue weighted by atomic mass is 9.63. The molecule has 0 radical (unpaired) electrons. The van der Waals surface area contributed by atoms with Gasteiger partial charge in [-0.2, -0.15) is 0 Å². The highest BCUT2D eigenvalue weighted by Gasteiger charge is 2.49. The summed E-state index contributed by atoms with van der Waals surface area (Å²) in [4.78, 5) is 12.8. The largest absolute Gasteiger partial charge is 0.381 e. The summed E-state index contributed by atoms with van der Waals surface area (Å²) < 4.78 is 32.4. The van der Waals surface area contributed by atoms with Crippen LogP contribution in [0.15, 0.2) is 18.2 Å². The topological polar surface area (TPSA) is 50.4 Å². The van der Waals surface area contributed by atoms with E-state index in [4.69, 9.17) is 4.74 Å². The second-order valence-corrected chi connectivity index (χ2v) is 7.80. The van der Waals surface area contributed by atoms with Crippen LogP contribution < -0.4 is 10.6 Å². The zero-order valence-corrected chi connectivity index (χ0v) is 14.2. The van der Waals surface area contributed by atoms with Crippen LogP contribution >= 0.6 is 0 Å². The van der Waals surface area contributed by atoms with E-state index in [0.29, 0.717) is 17.5 Å². The van der Waals surface area contributed by atoms with Crippen LogP contribution in [0, 0.1) is 17.0 Å². The van der Waals surface area contributed by atoms with Gasteiger partial charge in [-0.15, -0.1) is 0 Å². The lowest BCUT2D eigenvalue weighted by Crippen LogP contribution is -2.65. The Morgan fingerprint density at radius 1 is 0.960 bits per heavy atom. The Balaban J connectivity index is 1.44. The van der Waals surface area contributed by atoms with Crippen LogP contribution in [0.25, 0.3) is 0 Å².